The average molecular weight is 278 g/mol. The van der Waals surface area contributed by atoms with Crippen molar-refractivity contribution in [1.29, 1.82) is 0 Å². The predicted molar refractivity (Wildman–Crippen MR) is 78.2 cm³/mol. The minimum Gasteiger partial charge on any atom is -0.321 e. The number of anilines is 1. The van der Waals surface area contributed by atoms with Crippen LogP contribution in [0.15, 0.2) is 41.8 Å². The first-order valence-electron chi connectivity index (χ1n) is 5.44. The maximum Gasteiger partial charge on any atom is 0.248 e. The number of hydrogen-bond acceptors (Lipinski definition) is 2. The summed E-state index contributed by atoms with van der Waals surface area (Å²) in [5.74, 6) is -0.186. The summed E-state index contributed by atoms with van der Waals surface area (Å²) in [6.07, 6.45) is 3.28. The summed E-state index contributed by atoms with van der Waals surface area (Å²) >= 11 is 7.62. The van der Waals surface area contributed by atoms with Crippen molar-refractivity contribution >= 4 is 40.6 Å². The number of benzene rings is 1. The van der Waals surface area contributed by atoms with Gasteiger partial charge in [0.25, 0.3) is 0 Å². The highest BCUT2D eigenvalue weighted by atomic mass is 35.5. The van der Waals surface area contributed by atoms with Crippen LogP contribution in [-0.4, -0.2) is 5.91 Å². The molecule has 92 valence electrons. The highest BCUT2D eigenvalue weighted by Gasteiger charge is 2.03. The van der Waals surface area contributed by atoms with Crippen LogP contribution in [0.25, 0.3) is 6.08 Å². The van der Waals surface area contributed by atoms with E-state index in [1.54, 1.807) is 23.5 Å². The molecule has 0 saturated carbocycles. The molecular formula is C14H12ClNOS. The zero-order valence-electron chi connectivity index (χ0n) is 9.81. The molecule has 2 aromatic rings. The van der Waals surface area contributed by atoms with Gasteiger partial charge in [-0.15, -0.1) is 11.3 Å². The van der Waals surface area contributed by atoms with E-state index in [-0.39, 0.29) is 5.91 Å². The van der Waals surface area contributed by atoms with Gasteiger partial charge < -0.3 is 5.32 Å². The number of aryl methyl sites for hydroxylation is 1. The first kappa shape index (κ1) is 12.9. The van der Waals surface area contributed by atoms with Crippen LogP contribution in [-0.2, 0) is 4.79 Å². The monoisotopic (exact) mass is 277 g/mol. The quantitative estimate of drug-likeness (QED) is 0.830. The second-order valence-electron chi connectivity index (χ2n) is 3.82. The van der Waals surface area contributed by atoms with Crippen LogP contribution < -0.4 is 5.32 Å². The minimum absolute atomic E-state index is 0.186. The van der Waals surface area contributed by atoms with Gasteiger partial charge in [-0.2, -0.15) is 0 Å². The van der Waals surface area contributed by atoms with Gasteiger partial charge in [0, 0.05) is 11.0 Å². The van der Waals surface area contributed by atoms with Crippen molar-refractivity contribution in [2.45, 2.75) is 6.92 Å². The van der Waals surface area contributed by atoms with Gasteiger partial charge in [-0.3, -0.25) is 4.79 Å². The molecule has 1 aromatic heterocycles. The number of carbonyl (C=O) groups excluding carboxylic acids is 1. The lowest BCUT2D eigenvalue weighted by Gasteiger charge is -2.05. The SMILES string of the molecule is Cc1ccc(NC(=O)/C=C/c2cccs2)c(Cl)c1. The summed E-state index contributed by atoms with van der Waals surface area (Å²) in [5.41, 5.74) is 1.69. The van der Waals surface area contributed by atoms with Crippen molar-refractivity contribution in [1.82, 2.24) is 0 Å². The summed E-state index contributed by atoms with van der Waals surface area (Å²) in [4.78, 5) is 12.7. The molecule has 1 amide bonds. The fourth-order valence-electron chi connectivity index (χ4n) is 1.44. The Balaban J connectivity index is 2.03. The molecule has 0 aliphatic carbocycles. The van der Waals surface area contributed by atoms with Gasteiger partial charge in [0.05, 0.1) is 10.7 Å². The fourth-order valence-corrected chi connectivity index (χ4v) is 2.34. The lowest BCUT2D eigenvalue weighted by Crippen LogP contribution is -2.08. The lowest BCUT2D eigenvalue weighted by molar-refractivity contribution is -0.111. The highest BCUT2D eigenvalue weighted by Crippen LogP contribution is 2.22. The largest absolute Gasteiger partial charge is 0.321 e. The van der Waals surface area contributed by atoms with Crippen LogP contribution in [0.1, 0.15) is 10.4 Å². The summed E-state index contributed by atoms with van der Waals surface area (Å²) in [5, 5.41) is 5.26. The molecular weight excluding hydrogens is 266 g/mol. The van der Waals surface area contributed by atoms with Crippen molar-refractivity contribution in [2.75, 3.05) is 5.32 Å². The zero-order chi connectivity index (χ0) is 13.0. The second kappa shape index (κ2) is 5.85. The molecule has 0 radical (unpaired) electrons. The molecule has 1 N–H and O–H groups in total. The van der Waals surface area contributed by atoms with Crippen molar-refractivity contribution in [3.63, 3.8) is 0 Å². The highest BCUT2D eigenvalue weighted by molar-refractivity contribution is 7.10. The molecule has 0 spiro atoms. The predicted octanol–water partition coefficient (Wildman–Crippen LogP) is 4.36. The Hall–Kier alpha value is -1.58. The topological polar surface area (TPSA) is 29.1 Å². The molecule has 1 aromatic carbocycles. The normalized spacial score (nSPS) is 10.8. The third-order valence-corrected chi connectivity index (χ3v) is 3.47. The summed E-state index contributed by atoms with van der Waals surface area (Å²) < 4.78 is 0. The Morgan fingerprint density at radius 1 is 1.39 bits per heavy atom. The van der Waals surface area contributed by atoms with Crippen LogP contribution >= 0.6 is 22.9 Å². The number of rotatable bonds is 3. The maximum atomic E-state index is 11.7. The van der Waals surface area contributed by atoms with E-state index >= 15 is 0 Å². The Labute approximate surface area is 115 Å². The van der Waals surface area contributed by atoms with E-state index < -0.39 is 0 Å². The number of thiophene rings is 1. The smallest absolute Gasteiger partial charge is 0.248 e. The fraction of sp³-hybridized carbons (Fsp3) is 0.0714. The van der Waals surface area contributed by atoms with E-state index in [2.05, 4.69) is 5.32 Å². The molecule has 4 heteroatoms. The molecule has 2 nitrogen and oxygen atoms in total. The molecule has 1 heterocycles. The molecule has 0 bridgehead atoms. The number of nitrogens with one attached hydrogen (secondary N) is 1. The van der Waals surface area contributed by atoms with E-state index in [1.165, 1.54) is 6.08 Å². The standard InChI is InChI=1S/C14H12ClNOS/c1-10-4-6-13(12(15)9-10)16-14(17)7-5-11-3-2-8-18-11/h2-9H,1H3,(H,16,17)/b7-5+. The van der Waals surface area contributed by atoms with Gasteiger partial charge >= 0.3 is 0 Å². The van der Waals surface area contributed by atoms with Gasteiger partial charge in [-0.1, -0.05) is 23.7 Å². The lowest BCUT2D eigenvalue weighted by atomic mass is 10.2. The Morgan fingerprint density at radius 3 is 2.89 bits per heavy atom. The van der Waals surface area contributed by atoms with E-state index in [0.29, 0.717) is 10.7 Å². The summed E-state index contributed by atoms with van der Waals surface area (Å²) in [6.45, 7) is 1.95. The molecule has 0 saturated heterocycles. The minimum atomic E-state index is -0.186. The van der Waals surface area contributed by atoms with Crippen LogP contribution in [0.4, 0.5) is 5.69 Å². The molecule has 0 aliphatic rings. The van der Waals surface area contributed by atoms with Crippen LogP contribution in [0, 0.1) is 6.92 Å². The van der Waals surface area contributed by atoms with Crippen LogP contribution in [0.5, 0.6) is 0 Å². The number of halogens is 1. The van der Waals surface area contributed by atoms with Gasteiger partial charge in [0.2, 0.25) is 5.91 Å². The number of amides is 1. The third-order valence-electron chi connectivity index (χ3n) is 2.32. The Kier molecular flexibility index (Phi) is 4.18. The molecule has 18 heavy (non-hydrogen) atoms. The molecule has 0 fully saturated rings. The van der Waals surface area contributed by atoms with Crippen molar-refractivity contribution in [3.8, 4) is 0 Å². The first-order valence-corrected chi connectivity index (χ1v) is 6.69. The van der Waals surface area contributed by atoms with Crippen LogP contribution in [0.3, 0.4) is 0 Å². The molecule has 2 rings (SSSR count). The number of hydrogen-bond donors (Lipinski definition) is 1. The van der Waals surface area contributed by atoms with E-state index in [9.17, 15) is 4.79 Å². The van der Waals surface area contributed by atoms with Crippen molar-refractivity contribution in [3.05, 3.63) is 57.3 Å². The molecule has 0 atom stereocenters. The van der Waals surface area contributed by atoms with Crippen LogP contribution in [0.2, 0.25) is 5.02 Å². The average Bonchev–Trinajstić information content (AvgIpc) is 2.83. The summed E-state index contributed by atoms with van der Waals surface area (Å²) in [6, 6.07) is 9.42. The second-order valence-corrected chi connectivity index (χ2v) is 5.21. The van der Waals surface area contributed by atoms with Gasteiger partial charge in [-0.25, -0.2) is 0 Å². The van der Waals surface area contributed by atoms with E-state index in [1.807, 2.05) is 36.6 Å². The van der Waals surface area contributed by atoms with Gasteiger partial charge in [-0.05, 0) is 42.1 Å². The van der Waals surface area contributed by atoms with Gasteiger partial charge in [0.1, 0.15) is 0 Å². The summed E-state index contributed by atoms with van der Waals surface area (Å²) in [7, 11) is 0. The Bertz CT molecular complexity index is 575. The maximum absolute atomic E-state index is 11.7. The zero-order valence-corrected chi connectivity index (χ0v) is 11.4. The molecule has 0 unspecified atom stereocenters. The third kappa shape index (κ3) is 3.45. The Morgan fingerprint density at radius 2 is 2.22 bits per heavy atom. The molecule has 0 aliphatic heterocycles. The van der Waals surface area contributed by atoms with E-state index in [4.69, 9.17) is 11.6 Å². The van der Waals surface area contributed by atoms with Crippen molar-refractivity contribution < 1.29 is 4.79 Å². The van der Waals surface area contributed by atoms with Crippen molar-refractivity contribution in [2.24, 2.45) is 0 Å². The number of carbonyl (C=O) groups is 1. The first-order chi connectivity index (χ1) is 8.65. The van der Waals surface area contributed by atoms with Gasteiger partial charge in [0.15, 0.2) is 0 Å². The van der Waals surface area contributed by atoms with E-state index in [0.717, 1.165) is 10.4 Å².